The summed E-state index contributed by atoms with van der Waals surface area (Å²) in [6.45, 7) is 1.71. The number of pyridine rings is 2. The van der Waals surface area contributed by atoms with Gasteiger partial charge in [0.2, 0.25) is 5.91 Å². The molecule has 0 bridgehead atoms. The number of rotatable bonds is 9. The lowest BCUT2D eigenvalue weighted by Gasteiger charge is -2.30. The maximum atomic E-state index is 11.6. The zero-order valence-corrected chi connectivity index (χ0v) is 15.9. The van der Waals surface area contributed by atoms with Gasteiger partial charge in [0.05, 0.1) is 30.1 Å². The Hall–Kier alpha value is -2.39. The molecule has 1 saturated heterocycles. The van der Waals surface area contributed by atoms with Gasteiger partial charge in [-0.1, -0.05) is 12.1 Å². The van der Waals surface area contributed by atoms with E-state index in [-0.39, 0.29) is 25.1 Å². The molecule has 1 aliphatic rings. The SMILES string of the molecule is COCC(=O)NC[C@H]1OC[C@@H](N(Cc2ccccn2)Cc2ccccn2)[C@@H]1O. The molecule has 0 unspecified atom stereocenters. The van der Waals surface area contributed by atoms with Crippen LogP contribution in [-0.2, 0) is 27.4 Å². The van der Waals surface area contributed by atoms with E-state index in [1.807, 2.05) is 36.4 Å². The summed E-state index contributed by atoms with van der Waals surface area (Å²) in [4.78, 5) is 22.5. The molecule has 2 aromatic rings. The van der Waals surface area contributed by atoms with Gasteiger partial charge in [-0.25, -0.2) is 0 Å². The molecule has 1 aliphatic heterocycles. The molecule has 3 rings (SSSR count). The Morgan fingerprint density at radius 2 is 1.86 bits per heavy atom. The van der Waals surface area contributed by atoms with Crippen LogP contribution in [-0.4, -0.2) is 71.0 Å². The highest BCUT2D eigenvalue weighted by atomic mass is 16.5. The van der Waals surface area contributed by atoms with Gasteiger partial charge in [0.25, 0.3) is 0 Å². The molecular formula is C20H26N4O4. The van der Waals surface area contributed by atoms with Crippen LogP contribution in [0.4, 0.5) is 0 Å². The van der Waals surface area contributed by atoms with Crippen molar-refractivity contribution in [2.75, 3.05) is 26.9 Å². The number of carbonyl (C=O) groups is 1. The van der Waals surface area contributed by atoms with E-state index in [4.69, 9.17) is 9.47 Å². The first-order chi connectivity index (χ1) is 13.7. The smallest absolute Gasteiger partial charge is 0.246 e. The van der Waals surface area contributed by atoms with Gasteiger partial charge in [-0.15, -0.1) is 0 Å². The van der Waals surface area contributed by atoms with Gasteiger partial charge in [-0.05, 0) is 24.3 Å². The van der Waals surface area contributed by atoms with Crippen LogP contribution in [0.2, 0.25) is 0 Å². The maximum Gasteiger partial charge on any atom is 0.246 e. The normalized spacial score (nSPS) is 21.8. The summed E-state index contributed by atoms with van der Waals surface area (Å²) in [6, 6.07) is 11.3. The van der Waals surface area contributed by atoms with Crippen molar-refractivity contribution in [3.8, 4) is 0 Å². The predicted octanol–water partition coefficient (Wildman–Crippen LogP) is 0.370. The summed E-state index contributed by atoms with van der Waals surface area (Å²) >= 11 is 0. The zero-order valence-electron chi connectivity index (χ0n) is 15.9. The van der Waals surface area contributed by atoms with E-state index in [9.17, 15) is 9.90 Å². The highest BCUT2D eigenvalue weighted by Gasteiger charge is 2.39. The fraction of sp³-hybridized carbons (Fsp3) is 0.450. The number of aliphatic hydroxyl groups is 1. The summed E-state index contributed by atoms with van der Waals surface area (Å²) in [5.41, 5.74) is 1.81. The number of amides is 1. The Labute approximate surface area is 164 Å². The number of aromatic nitrogens is 2. The minimum atomic E-state index is -0.740. The molecule has 0 aromatic carbocycles. The van der Waals surface area contributed by atoms with E-state index >= 15 is 0 Å². The van der Waals surface area contributed by atoms with Gasteiger partial charge < -0.3 is 19.9 Å². The quantitative estimate of drug-likeness (QED) is 0.643. The van der Waals surface area contributed by atoms with Crippen molar-refractivity contribution in [2.45, 2.75) is 31.3 Å². The summed E-state index contributed by atoms with van der Waals surface area (Å²) in [6.07, 6.45) is 2.30. The molecule has 150 valence electrons. The van der Waals surface area contributed by atoms with Crippen LogP contribution < -0.4 is 5.32 Å². The van der Waals surface area contributed by atoms with Crippen LogP contribution in [0, 0.1) is 0 Å². The zero-order chi connectivity index (χ0) is 19.8. The number of hydrogen-bond donors (Lipinski definition) is 2. The second kappa shape index (κ2) is 10.2. The number of nitrogens with one attached hydrogen (secondary N) is 1. The standard InChI is InChI=1S/C20H26N4O4/c1-27-14-19(25)23-10-18-20(26)17(13-28-18)24(11-15-6-2-4-8-21-15)12-16-7-3-5-9-22-16/h2-9,17-18,20,26H,10-14H2,1H3,(H,23,25)/t17-,18-,20+/m1/s1. The molecule has 0 radical (unpaired) electrons. The van der Waals surface area contributed by atoms with E-state index in [1.165, 1.54) is 7.11 Å². The average Bonchev–Trinajstić information content (AvgIpc) is 3.08. The van der Waals surface area contributed by atoms with Gasteiger partial charge in [0.1, 0.15) is 12.7 Å². The van der Waals surface area contributed by atoms with E-state index < -0.39 is 12.2 Å². The molecule has 0 saturated carbocycles. The second-order valence-electron chi connectivity index (χ2n) is 6.71. The Bertz CT molecular complexity index is 690. The highest BCUT2D eigenvalue weighted by Crippen LogP contribution is 2.22. The number of aliphatic hydroxyl groups excluding tert-OH is 1. The first-order valence-electron chi connectivity index (χ1n) is 9.26. The number of hydrogen-bond acceptors (Lipinski definition) is 7. The predicted molar refractivity (Wildman–Crippen MR) is 102 cm³/mol. The van der Waals surface area contributed by atoms with Gasteiger partial charge in [-0.3, -0.25) is 19.7 Å². The molecule has 0 spiro atoms. The first kappa shape index (κ1) is 20.3. The summed E-state index contributed by atoms with van der Waals surface area (Å²) in [7, 11) is 1.46. The van der Waals surface area contributed by atoms with Crippen LogP contribution >= 0.6 is 0 Å². The van der Waals surface area contributed by atoms with Gasteiger partial charge in [0.15, 0.2) is 0 Å². The van der Waals surface area contributed by atoms with Gasteiger partial charge in [0, 0.05) is 39.1 Å². The van der Waals surface area contributed by atoms with Crippen LogP contribution in [0.5, 0.6) is 0 Å². The minimum absolute atomic E-state index is 0.0161. The third-order valence-electron chi connectivity index (χ3n) is 4.68. The van der Waals surface area contributed by atoms with Crippen LogP contribution in [0.15, 0.2) is 48.8 Å². The molecule has 3 heterocycles. The molecule has 8 nitrogen and oxygen atoms in total. The Kier molecular flexibility index (Phi) is 7.44. The van der Waals surface area contributed by atoms with Crippen LogP contribution in [0.25, 0.3) is 0 Å². The fourth-order valence-electron chi connectivity index (χ4n) is 3.25. The number of nitrogens with zero attached hydrogens (tertiary/aromatic N) is 3. The molecule has 2 N–H and O–H groups in total. The molecule has 1 fully saturated rings. The van der Waals surface area contributed by atoms with Crippen LogP contribution in [0.1, 0.15) is 11.4 Å². The van der Waals surface area contributed by atoms with Gasteiger partial charge >= 0.3 is 0 Å². The summed E-state index contributed by atoms with van der Waals surface area (Å²) in [5, 5.41) is 13.6. The topological polar surface area (TPSA) is 96.8 Å². The lowest BCUT2D eigenvalue weighted by molar-refractivity contribution is -0.125. The van der Waals surface area contributed by atoms with Crippen molar-refractivity contribution in [2.24, 2.45) is 0 Å². The second-order valence-corrected chi connectivity index (χ2v) is 6.71. The fourth-order valence-corrected chi connectivity index (χ4v) is 3.25. The van der Waals surface area contributed by atoms with Crippen molar-refractivity contribution < 1.29 is 19.4 Å². The Morgan fingerprint density at radius 1 is 1.21 bits per heavy atom. The molecule has 3 atom stereocenters. The lowest BCUT2D eigenvalue weighted by Crippen LogP contribution is -2.47. The van der Waals surface area contributed by atoms with Crippen molar-refractivity contribution in [1.29, 1.82) is 0 Å². The minimum Gasteiger partial charge on any atom is -0.389 e. The largest absolute Gasteiger partial charge is 0.389 e. The number of carbonyl (C=O) groups excluding carboxylic acids is 1. The number of ether oxygens (including phenoxy) is 2. The van der Waals surface area contributed by atoms with Crippen molar-refractivity contribution >= 4 is 5.91 Å². The summed E-state index contributed by atoms with van der Waals surface area (Å²) in [5.74, 6) is -0.236. The van der Waals surface area contributed by atoms with Gasteiger partial charge in [-0.2, -0.15) is 0 Å². The summed E-state index contributed by atoms with van der Waals surface area (Å²) < 4.78 is 10.6. The maximum absolute atomic E-state index is 11.6. The third-order valence-corrected chi connectivity index (χ3v) is 4.68. The Morgan fingerprint density at radius 3 is 2.39 bits per heavy atom. The van der Waals surface area contributed by atoms with Crippen molar-refractivity contribution in [1.82, 2.24) is 20.2 Å². The van der Waals surface area contributed by atoms with E-state index in [0.717, 1.165) is 11.4 Å². The molecule has 28 heavy (non-hydrogen) atoms. The number of methoxy groups -OCH3 is 1. The first-order valence-corrected chi connectivity index (χ1v) is 9.26. The molecule has 2 aromatic heterocycles. The van der Waals surface area contributed by atoms with Crippen molar-refractivity contribution in [3.63, 3.8) is 0 Å². The van der Waals surface area contributed by atoms with Crippen molar-refractivity contribution in [3.05, 3.63) is 60.2 Å². The van der Waals surface area contributed by atoms with Crippen LogP contribution in [0.3, 0.4) is 0 Å². The third kappa shape index (κ3) is 5.56. The monoisotopic (exact) mass is 386 g/mol. The van der Waals surface area contributed by atoms with E-state index in [2.05, 4.69) is 20.2 Å². The van der Waals surface area contributed by atoms with E-state index in [0.29, 0.717) is 19.7 Å². The lowest BCUT2D eigenvalue weighted by atomic mass is 10.1. The Balaban J connectivity index is 1.68. The average molecular weight is 386 g/mol. The molecule has 0 aliphatic carbocycles. The van der Waals surface area contributed by atoms with E-state index in [1.54, 1.807) is 12.4 Å². The molecule has 8 heteroatoms. The molecule has 1 amide bonds. The highest BCUT2D eigenvalue weighted by molar-refractivity contribution is 5.77. The molecular weight excluding hydrogens is 360 g/mol.